The van der Waals surface area contributed by atoms with E-state index in [-0.39, 0.29) is 23.0 Å². The highest BCUT2D eigenvalue weighted by Crippen LogP contribution is 2.26. The molecule has 0 saturated carbocycles. The number of hydrogen-bond donors (Lipinski definition) is 3. The van der Waals surface area contributed by atoms with Gasteiger partial charge in [0.25, 0.3) is 5.91 Å². The van der Waals surface area contributed by atoms with Crippen molar-refractivity contribution in [3.05, 3.63) is 28.8 Å². The summed E-state index contributed by atoms with van der Waals surface area (Å²) in [6.45, 7) is 2.91. The fraction of sp³-hybridized carbons (Fsp3) is 0.357. The Morgan fingerprint density at radius 2 is 1.90 bits per heavy atom. The number of amides is 2. The van der Waals surface area contributed by atoms with E-state index in [1.54, 1.807) is 0 Å². The number of rotatable bonds is 5. The van der Waals surface area contributed by atoms with Crippen molar-refractivity contribution in [1.29, 1.82) is 0 Å². The summed E-state index contributed by atoms with van der Waals surface area (Å²) in [4.78, 5) is 34.4. The van der Waals surface area contributed by atoms with Gasteiger partial charge >= 0.3 is 5.97 Å². The van der Waals surface area contributed by atoms with Gasteiger partial charge in [-0.1, -0.05) is 11.6 Å². The van der Waals surface area contributed by atoms with Crippen LogP contribution in [0.2, 0.25) is 5.02 Å². The smallest absolute Gasteiger partial charge is 0.309 e. The molecule has 114 valence electrons. The van der Waals surface area contributed by atoms with Crippen LogP contribution in [-0.2, 0) is 9.59 Å². The van der Waals surface area contributed by atoms with E-state index in [0.29, 0.717) is 5.56 Å². The maximum absolute atomic E-state index is 11.9. The van der Waals surface area contributed by atoms with Crippen LogP contribution in [0.4, 0.5) is 5.69 Å². The largest absolute Gasteiger partial charge is 0.481 e. The molecule has 0 unspecified atom stereocenters. The number of carbonyl (C=O) groups excluding carboxylic acids is 2. The zero-order chi connectivity index (χ0) is 16.2. The van der Waals surface area contributed by atoms with Crippen molar-refractivity contribution in [2.45, 2.75) is 20.3 Å². The Morgan fingerprint density at radius 3 is 2.43 bits per heavy atom. The predicted molar refractivity (Wildman–Crippen MR) is 79.5 cm³/mol. The Labute approximate surface area is 127 Å². The summed E-state index contributed by atoms with van der Waals surface area (Å²) in [7, 11) is 1.49. The summed E-state index contributed by atoms with van der Waals surface area (Å²) in [5.41, 5.74) is -0.576. The Morgan fingerprint density at radius 1 is 1.29 bits per heavy atom. The Hall–Kier alpha value is -2.08. The van der Waals surface area contributed by atoms with E-state index in [9.17, 15) is 14.4 Å². The zero-order valence-electron chi connectivity index (χ0n) is 12.0. The lowest BCUT2D eigenvalue weighted by Gasteiger charge is -2.18. The number of hydrogen-bond acceptors (Lipinski definition) is 3. The lowest BCUT2D eigenvalue weighted by Crippen LogP contribution is -2.29. The fourth-order valence-electron chi connectivity index (χ4n) is 1.58. The molecule has 6 nitrogen and oxygen atoms in total. The molecule has 0 saturated heterocycles. The van der Waals surface area contributed by atoms with Crippen molar-refractivity contribution >= 4 is 35.1 Å². The van der Waals surface area contributed by atoms with Crippen LogP contribution < -0.4 is 10.6 Å². The molecule has 1 aromatic rings. The number of aliphatic carboxylic acids is 1. The van der Waals surface area contributed by atoms with Crippen molar-refractivity contribution in [3.8, 4) is 0 Å². The molecule has 1 aromatic carbocycles. The number of carboxylic acids is 1. The molecule has 0 spiro atoms. The molecular formula is C14H17ClN2O4. The van der Waals surface area contributed by atoms with Gasteiger partial charge in [0.05, 0.1) is 16.1 Å². The van der Waals surface area contributed by atoms with Crippen molar-refractivity contribution in [2.24, 2.45) is 5.41 Å². The highest BCUT2D eigenvalue weighted by molar-refractivity contribution is 6.33. The molecule has 1 rings (SSSR count). The molecular weight excluding hydrogens is 296 g/mol. The van der Waals surface area contributed by atoms with Gasteiger partial charge < -0.3 is 15.7 Å². The topological polar surface area (TPSA) is 95.5 Å². The Bertz CT molecular complexity index is 584. The van der Waals surface area contributed by atoms with E-state index in [1.807, 2.05) is 0 Å². The summed E-state index contributed by atoms with van der Waals surface area (Å²) in [6, 6.07) is 4.45. The maximum Gasteiger partial charge on any atom is 0.309 e. The van der Waals surface area contributed by atoms with Crippen molar-refractivity contribution in [1.82, 2.24) is 5.32 Å². The number of carboxylic acid groups (broad SMARTS) is 1. The standard InChI is InChI=1S/C14H17ClN2O4/c1-14(2,13(20)21)7-11(18)17-10-6-8(12(19)16-3)4-5-9(10)15/h4-6H,7H2,1-3H3,(H,16,19)(H,17,18)(H,20,21). The van der Waals surface area contributed by atoms with Gasteiger partial charge in [-0.05, 0) is 32.0 Å². The predicted octanol–water partition coefficient (Wildman–Crippen LogP) is 2.14. The second-order valence-electron chi connectivity index (χ2n) is 5.19. The molecule has 3 N–H and O–H groups in total. The van der Waals surface area contributed by atoms with E-state index < -0.39 is 17.3 Å². The highest BCUT2D eigenvalue weighted by atomic mass is 35.5. The lowest BCUT2D eigenvalue weighted by molar-refractivity contribution is -0.148. The molecule has 7 heteroatoms. The SMILES string of the molecule is CNC(=O)c1ccc(Cl)c(NC(=O)CC(C)(C)C(=O)O)c1. The molecule has 0 heterocycles. The minimum atomic E-state index is -1.19. The average Bonchev–Trinajstić information content (AvgIpc) is 2.39. The van der Waals surface area contributed by atoms with Crippen LogP contribution in [-0.4, -0.2) is 29.9 Å². The Kier molecular flexibility index (Phi) is 5.32. The highest BCUT2D eigenvalue weighted by Gasteiger charge is 2.30. The van der Waals surface area contributed by atoms with Crippen LogP contribution in [0.25, 0.3) is 0 Å². The molecule has 0 aromatic heterocycles. The first-order valence-corrected chi connectivity index (χ1v) is 6.60. The third-order valence-corrected chi connectivity index (χ3v) is 3.24. The molecule has 2 amide bonds. The van der Waals surface area contributed by atoms with Crippen LogP contribution in [0.5, 0.6) is 0 Å². The minimum absolute atomic E-state index is 0.205. The number of benzene rings is 1. The summed E-state index contributed by atoms with van der Waals surface area (Å²) in [5, 5.41) is 14.3. The van der Waals surface area contributed by atoms with E-state index in [2.05, 4.69) is 10.6 Å². The second kappa shape index (κ2) is 6.58. The van der Waals surface area contributed by atoms with Gasteiger partial charge in [-0.2, -0.15) is 0 Å². The molecule has 0 atom stereocenters. The monoisotopic (exact) mass is 312 g/mol. The van der Waals surface area contributed by atoms with Crippen LogP contribution in [0, 0.1) is 5.41 Å². The van der Waals surface area contributed by atoms with Crippen molar-refractivity contribution < 1.29 is 19.5 Å². The van der Waals surface area contributed by atoms with Gasteiger partial charge in [0, 0.05) is 19.0 Å². The summed E-state index contributed by atoms with van der Waals surface area (Å²) in [5.74, 6) is -1.87. The van der Waals surface area contributed by atoms with Crippen LogP contribution in [0.15, 0.2) is 18.2 Å². The van der Waals surface area contributed by atoms with Crippen molar-refractivity contribution in [3.63, 3.8) is 0 Å². The average molecular weight is 313 g/mol. The molecule has 0 fully saturated rings. The van der Waals surface area contributed by atoms with E-state index in [4.69, 9.17) is 16.7 Å². The normalized spacial score (nSPS) is 10.9. The molecule has 0 radical (unpaired) electrons. The van der Waals surface area contributed by atoms with Gasteiger partial charge in [-0.25, -0.2) is 0 Å². The first-order chi connectivity index (χ1) is 9.67. The van der Waals surface area contributed by atoms with Crippen LogP contribution in [0.1, 0.15) is 30.6 Å². The van der Waals surface area contributed by atoms with E-state index in [0.717, 1.165) is 0 Å². The van der Waals surface area contributed by atoms with E-state index in [1.165, 1.54) is 39.1 Å². The number of nitrogens with one attached hydrogen (secondary N) is 2. The van der Waals surface area contributed by atoms with Crippen molar-refractivity contribution in [2.75, 3.05) is 12.4 Å². The van der Waals surface area contributed by atoms with Crippen LogP contribution >= 0.6 is 11.6 Å². The quantitative estimate of drug-likeness (QED) is 0.776. The zero-order valence-corrected chi connectivity index (χ0v) is 12.7. The number of anilines is 1. The number of halogens is 1. The first kappa shape index (κ1) is 17.0. The molecule has 0 aliphatic rings. The van der Waals surface area contributed by atoms with Gasteiger partial charge in [0.15, 0.2) is 0 Å². The van der Waals surface area contributed by atoms with Crippen LogP contribution in [0.3, 0.4) is 0 Å². The molecule has 21 heavy (non-hydrogen) atoms. The third kappa shape index (κ3) is 4.46. The third-order valence-electron chi connectivity index (χ3n) is 2.91. The molecule has 0 aliphatic heterocycles. The summed E-state index contributed by atoms with van der Waals surface area (Å²) < 4.78 is 0. The van der Waals surface area contributed by atoms with Gasteiger partial charge in [-0.15, -0.1) is 0 Å². The van der Waals surface area contributed by atoms with Gasteiger partial charge in [0.2, 0.25) is 5.91 Å². The lowest BCUT2D eigenvalue weighted by atomic mass is 9.89. The first-order valence-electron chi connectivity index (χ1n) is 6.22. The molecule has 0 aliphatic carbocycles. The molecule has 0 bridgehead atoms. The van der Waals surface area contributed by atoms with E-state index >= 15 is 0 Å². The maximum atomic E-state index is 11.9. The Balaban J connectivity index is 2.90. The summed E-state index contributed by atoms with van der Waals surface area (Å²) in [6.07, 6.45) is -0.205. The van der Waals surface area contributed by atoms with Gasteiger partial charge in [-0.3, -0.25) is 14.4 Å². The number of carbonyl (C=O) groups is 3. The minimum Gasteiger partial charge on any atom is -0.481 e. The fourth-order valence-corrected chi connectivity index (χ4v) is 1.74. The second-order valence-corrected chi connectivity index (χ2v) is 5.59. The summed E-state index contributed by atoms with van der Waals surface area (Å²) >= 11 is 5.96. The van der Waals surface area contributed by atoms with Gasteiger partial charge in [0.1, 0.15) is 0 Å².